The summed E-state index contributed by atoms with van der Waals surface area (Å²) in [5.41, 5.74) is 3.57. The van der Waals surface area contributed by atoms with Gasteiger partial charge in [0.2, 0.25) is 5.91 Å². The Labute approximate surface area is 157 Å². The van der Waals surface area contributed by atoms with Crippen LogP contribution < -0.4 is 15.4 Å². The Bertz CT molecular complexity index is 860. The number of hydrogen-bond acceptors (Lipinski definition) is 3. The average molecular weight is 367 g/mol. The normalized spacial score (nSPS) is 10.2. The van der Waals surface area contributed by atoms with E-state index in [1.807, 2.05) is 60.7 Å². The summed E-state index contributed by atoms with van der Waals surface area (Å²) in [6.45, 7) is 0. The molecule has 0 aliphatic carbocycles. The van der Waals surface area contributed by atoms with Gasteiger partial charge in [0.15, 0.2) is 0 Å². The quantitative estimate of drug-likeness (QED) is 0.624. The minimum atomic E-state index is -0.0665. The van der Waals surface area contributed by atoms with Crippen molar-refractivity contribution in [1.82, 2.24) is 0 Å². The van der Waals surface area contributed by atoms with E-state index < -0.39 is 0 Å². The summed E-state index contributed by atoms with van der Waals surface area (Å²) in [5.74, 6) is 0.748. The van der Waals surface area contributed by atoms with Crippen molar-refractivity contribution in [3.05, 3.63) is 83.4 Å². The fourth-order valence-electron chi connectivity index (χ4n) is 2.47. The number of nitrogens with one attached hydrogen (secondary N) is 2. The van der Waals surface area contributed by atoms with E-state index in [1.54, 1.807) is 19.2 Å². The summed E-state index contributed by atoms with van der Waals surface area (Å²) in [6, 6.07) is 22.5. The first kappa shape index (κ1) is 17.8. The summed E-state index contributed by atoms with van der Waals surface area (Å²) < 4.78 is 5.15. The van der Waals surface area contributed by atoms with Crippen LogP contribution in [-0.2, 0) is 11.2 Å². The number of halogens is 1. The van der Waals surface area contributed by atoms with Crippen LogP contribution in [0, 0.1) is 0 Å². The third kappa shape index (κ3) is 5.01. The Morgan fingerprint density at radius 3 is 1.96 bits per heavy atom. The van der Waals surface area contributed by atoms with Crippen LogP contribution in [0.2, 0.25) is 5.02 Å². The van der Waals surface area contributed by atoms with Gasteiger partial charge in [0.1, 0.15) is 5.75 Å². The molecule has 0 aliphatic heterocycles. The van der Waals surface area contributed by atoms with E-state index in [-0.39, 0.29) is 5.91 Å². The number of amides is 1. The maximum Gasteiger partial charge on any atom is 0.228 e. The summed E-state index contributed by atoms with van der Waals surface area (Å²) in [6.07, 6.45) is 0.309. The largest absolute Gasteiger partial charge is 0.497 e. The molecule has 5 heteroatoms. The van der Waals surface area contributed by atoms with Crippen molar-refractivity contribution in [3.8, 4) is 5.75 Å². The van der Waals surface area contributed by atoms with Crippen LogP contribution in [0.25, 0.3) is 0 Å². The van der Waals surface area contributed by atoms with Crippen LogP contribution >= 0.6 is 11.6 Å². The Morgan fingerprint density at radius 1 is 0.846 bits per heavy atom. The number of rotatable bonds is 6. The van der Waals surface area contributed by atoms with Crippen LogP contribution in [-0.4, -0.2) is 13.0 Å². The highest BCUT2D eigenvalue weighted by Crippen LogP contribution is 2.21. The molecule has 26 heavy (non-hydrogen) atoms. The molecule has 0 spiro atoms. The first-order chi connectivity index (χ1) is 12.6. The molecule has 3 rings (SSSR count). The van der Waals surface area contributed by atoms with Gasteiger partial charge in [0.05, 0.1) is 13.5 Å². The molecule has 2 N–H and O–H groups in total. The highest BCUT2D eigenvalue weighted by atomic mass is 35.5. The molecule has 4 nitrogen and oxygen atoms in total. The van der Waals surface area contributed by atoms with E-state index in [0.717, 1.165) is 28.4 Å². The molecule has 0 aliphatic rings. The summed E-state index contributed by atoms with van der Waals surface area (Å²) in [7, 11) is 1.64. The summed E-state index contributed by atoms with van der Waals surface area (Å²) in [5, 5.41) is 6.86. The van der Waals surface area contributed by atoms with Crippen molar-refractivity contribution in [2.24, 2.45) is 0 Å². The zero-order chi connectivity index (χ0) is 18.4. The highest BCUT2D eigenvalue weighted by molar-refractivity contribution is 6.30. The van der Waals surface area contributed by atoms with E-state index in [9.17, 15) is 4.79 Å². The van der Waals surface area contributed by atoms with Gasteiger partial charge in [-0.25, -0.2) is 0 Å². The number of ether oxygens (including phenoxy) is 1. The molecule has 0 bridgehead atoms. The van der Waals surface area contributed by atoms with Crippen molar-refractivity contribution in [3.63, 3.8) is 0 Å². The van der Waals surface area contributed by atoms with E-state index >= 15 is 0 Å². The van der Waals surface area contributed by atoms with Crippen LogP contribution in [0.5, 0.6) is 5.75 Å². The zero-order valence-corrected chi connectivity index (χ0v) is 15.1. The lowest BCUT2D eigenvalue weighted by Crippen LogP contribution is -2.14. The van der Waals surface area contributed by atoms with Crippen molar-refractivity contribution in [2.75, 3.05) is 17.7 Å². The zero-order valence-electron chi connectivity index (χ0n) is 14.3. The standard InChI is InChI=1S/C21H19ClN2O2/c1-26-20-12-10-18(11-13-20)23-17-6-8-19(9-7-17)24-21(25)14-15-2-4-16(22)5-3-15/h2-13,23H,14H2,1H3,(H,24,25). The predicted octanol–water partition coefficient (Wildman–Crippen LogP) is 5.27. The minimum absolute atomic E-state index is 0.0665. The molecular weight excluding hydrogens is 348 g/mol. The molecule has 0 fully saturated rings. The molecule has 0 unspecified atom stereocenters. The minimum Gasteiger partial charge on any atom is -0.497 e. The summed E-state index contributed by atoms with van der Waals surface area (Å²) >= 11 is 5.85. The van der Waals surface area contributed by atoms with E-state index in [2.05, 4.69) is 10.6 Å². The Balaban J connectivity index is 1.56. The number of carbonyl (C=O) groups is 1. The first-order valence-corrected chi connectivity index (χ1v) is 8.55. The van der Waals surface area contributed by atoms with E-state index in [4.69, 9.17) is 16.3 Å². The maximum atomic E-state index is 12.1. The lowest BCUT2D eigenvalue weighted by Gasteiger charge is -2.09. The van der Waals surface area contributed by atoms with Gasteiger partial charge in [-0.05, 0) is 66.2 Å². The van der Waals surface area contributed by atoms with Gasteiger partial charge in [0.25, 0.3) is 0 Å². The highest BCUT2D eigenvalue weighted by Gasteiger charge is 2.04. The van der Waals surface area contributed by atoms with Gasteiger partial charge in [-0.15, -0.1) is 0 Å². The van der Waals surface area contributed by atoms with Gasteiger partial charge in [0, 0.05) is 22.1 Å². The fourth-order valence-corrected chi connectivity index (χ4v) is 2.60. The lowest BCUT2D eigenvalue weighted by atomic mass is 10.1. The number of carbonyl (C=O) groups excluding carboxylic acids is 1. The smallest absolute Gasteiger partial charge is 0.228 e. The average Bonchev–Trinajstić information content (AvgIpc) is 2.66. The second-order valence-corrected chi connectivity index (χ2v) is 6.22. The molecule has 0 saturated heterocycles. The molecule has 0 aromatic heterocycles. The third-order valence-corrected chi connectivity index (χ3v) is 4.08. The van der Waals surface area contributed by atoms with Crippen molar-refractivity contribution >= 4 is 34.6 Å². The SMILES string of the molecule is COc1ccc(Nc2ccc(NC(=O)Cc3ccc(Cl)cc3)cc2)cc1. The second-order valence-electron chi connectivity index (χ2n) is 5.78. The molecule has 0 saturated carbocycles. The molecule has 3 aromatic carbocycles. The van der Waals surface area contributed by atoms with E-state index in [1.165, 1.54) is 0 Å². The molecule has 1 amide bonds. The van der Waals surface area contributed by atoms with Gasteiger partial charge in [-0.1, -0.05) is 23.7 Å². The molecule has 0 radical (unpaired) electrons. The third-order valence-electron chi connectivity index (χ3n) is 3.83. The first-order valence-electron chi connectivity index (χ1n) is 8.18. The molecule has 3 aromatic rings. The second kappa shape index (κ2) is 8.41. The maximum absolute atomic E-state index is 12.1. The van der Waals surface area contributed by atoms with Crippen LogP contribution in [0.4, 0.5) is 17.1 Å². The number of benzene rings is 3. The molecule has 0 atom stereocenters. The predicted molar refractivity (Wildman–Crippen MR) is 107 cm³/mol. The Morgan fingerprint density at radius 2 is 1.38 bits per heavy atom. The number of hydrogen-bond donors (Lipinski definition) is 2. The van der Waals surface area contributed by atoms with Crippen molar-refractivity contribution in [2.45, 2.75) is 6.42 Å². The Hall–Kier alpha value is -2.98. The van der Waals surface area contributed by atoms with Crippen LogP contribution in [0.1, 0.15) is 5.56 Å². The topological polar surface area (TPSA) is 50.4 Å². The lowest BCUT2D eigenvalue weighted by molar-refractivity contribution is -0.115. The Kier molecular flexibility index (Phi) is 5.77. The molecule has 0 heterocycles. The molecular formula is C21H19ClN2O2. The number of methoxy groups -OCH3 is 1. The van der Waals surface area contributed by atoms with Gasteiger partial charge in [-0.2, -0.15) is 0 Å². The van der Waals surface area contributed by atoms with Crippen molar-refractivity contribution < 1.29 is 9.53 Å². The van der Waals surface area contributed by atoms with Gasteiger partial charge >= 0.3 is 0 Å². The summed E-state index contributed by atoms with van der Waals surface area (Å²) in [4.78, 5) is 12.1. The van der Waals surface area contributed by atoms with Crippen LogP contribution in [0.3, 0.4) is 0 Å². The van der Waals surface area contributed by atoms with E-state index in [0.29, 0.717) is 11.4 Å². The van der Waals surface area contributed by atoms with Crippen LogP contribution in [0.15, 0.2) is 72.8 Å². The van der Waals surface area contributed by atoms with Gasteiger partial charge < -0.3 is 15.4 Å². The monoisotopic (exact) mass is 366 g/mol. The van der Waals surface area contributed by atoms with Gasteiger partial charge in [-0.3, -0.25) is 4.79 Å². The molecule has 132 valence electrons. The van der Waals surface area contributed by atoms with Crippen molar-refractivity contribution in [1.29, 1.82) is 0 Å². The number of anilines is 3. The fraction of sp³-hybridized carbons (Fsp3) is 0.0952.